The number of carboxylic acids is 1. The van der Waals surface area contributed by atoms with Gasteiger partial charge >= 0.3 is 5.97 Å². The summed E-state index contributed by atoms with van der Waals surface area (Å²) in [7, 11) is 1.69. The Morgan fingerprint density at radius 3 is 2.37 bits per heavy atom. The van der Waals surface area contributed by atoms with E-state index in [1.807, 2.05) is 25.1 Å². The smallest absolute Gasteiger partial charge is 0.335 e. The van der Waals surface area contributed by atoms with Crippen LogP contribution in [0.2, 0.25) is 0 Å². The van der Waals surface area contributed by atoms with Crippen molar-refractivity contribution in [1.82, 2.24) is 0 Å². The summed E-state index contributed by atoms with van der Waals surface area (Å²) in [6, 6.07) is 10.1. The molecule has 0 bridgehead atoms. The molecule has 1 N–H and O–H groups in total. The second kappa shape index (κ2) is 6.79. The summed E-state index contributed by atoms with van der Waals surface area (Å²) >= 11 is 0. The van der Waals surface area contributed by atoms with E-state index in [2.05, 4.69) is 39.8 Å². The third kappa shape index (κ3) is 3.29. The molecular formula is C24H30O3. The summed E-state index contributed by atoms with van der Waals surface area (Å²) < 4.78 is 5.43. The third-order valence-electron chi connectivity index (χ3n) is 6.18. The molecule has 144 valence electrons. The van der Waals surface area contributed by atoms with Crippen LogP contribution in [0.5, 0.6) is 0 Å². The second-order valence-electron chi connectivity index (χ2n) is 9.01. The number of carbonyl (C=O) groups is 1. The maximum Gasteiger partial charge on any atom is 0.335 e. The van der Waals surface area contributed by atoms with Crippen molar-refractivity contribution >= 4 is 5.97 Å². The Morgan fingerprint density at radius 2 is 1.74 bits per heavy atom. The number of hydrogen-bond donors (Lipinski definition) is 1. The number of hydrogen-bond acceptors (Lipinski definition) is 2. The van der Waals surface area contributed by atoms with E-state index in [0.717, 1.165) is 35.1 Å². The zero-order valence-corrected chi connectivity index (χ0v) is 17.3. The van der Waals surface area contributed by atoms with Crippen molar-refractivity contribution in [2.45, 2.75) is 64.9 Å². The highest BCUT2D eigenvalue weighted by Crippen LogP contribution is 2.51. The molecule has 0 atom stereocenters. The minimum atomic E-state index is -0.861. The molecule has 0 heterocycles. The minimum absolute atomic E-state index is 0.0117. The van der Waals surface area contributed by atoms with E-state index in [-0.39, 0.29) is 10.8 Å². The van der Waals surface area contributed by atoms with Gasteiger partial charge in [-0.25, -0.2) is 4.79 Å². The van der Waals surface area contributed by atoms with Crippen molar-refractivity contribution in [3.05, 3.63) is 58.1 Å². The van der Waals surface area contributed by atoms with E-state index in [9.17, 15) is 9.90 Å². The number of rotatable bonds is 4. The van der Waals surface area contributed by atoms with Crippen LogP contribution in [0.15, 0.2) is 30.3 Å². The molecular weight excluding hydrogens is 336 g/mol. The van der Waals surface area contributed by atoms with Gasteiger partial charge in [-0.05, 0) is 70.0 Å². The van der Waals surface area contributed by atoms with Gasteiger partial charge in [0.25, 0.3) is 0 Å². The SMILES string of the molecule is COCc1ccccc1-c1c(C)c(C(=O)O)cc2c1C(C)(C)CCC2(C)C. The zero-order chi connectivity index (χ0) is 20.0. The van der Waals surface area contributed by atoms with Crippen LogP contribution < -0.4 is 0 Å². The number of carboxylic acid groups (broad SMARTS) is 1. The quantitative estimate of drug-likeness (QED) is 0.737. The summed E-state index contributed by atoms with van der Waals surface area (Å²) in [4.78, 5) is 12.0. The van der Waals surface area contributed by atoms with Crippen LogP contribution in [0, 0.1) is 6.92 Å². The highest BCUT2D eigenvalue weighted by molar-refractivity contribution is 5.94. The van der Waals surface area contributed by atoms with Gasteiger partial charge in [-0.3, -0.25) is 0 Å². The van der Waals surface area contributed by atoms with Gasteiger partial charge in [0.15, 0.2) is 0 Å². The molecule has 2 aromatic carbocycles. The fourth-order valence-electron chi connectivity index (χ4n) is 4.51. The Morgan fingerprint density at radius 1 is 1.11 bits per heavy atom. The van der Waals surface area contributed by atoms with Crippen LogP contribution >= 0.6 is 0 Å². The van der Waals surface area contributed by atoms with Crippen molar-refractivity contribution in [2.24, 2.45) is 0 Å². The highest BCUT2D eigenvalue weighted by atomic mass is 16.5. The Balaban J connectivity index is 2.47. The van der Waals surface area contributed by atoms with E-state index >= 15 is 0 Å². The van der Waals surface area contributed by atoms with Crippen LogP contribution in [0.25, 0.3) is 11.1 Å². The Bertz CT molecular complexity index is 891. The molecule has 0 aliphatic heterocycles. The number of fused-ring (bicyclic) bond motifs is 1. The average Bonchev–Trinajstić information content (AvgIpc) is 2.59. The third-order valence-corrected chi connectivity index (χ3v) is 6.18. The van der Waals surface area contributed by atoms with Crippen LogP contribution in [0.1, 0.15) is 73.1 Å². The van der Waals surface area contributed by atoms with Gasteiger partial charge in [-0.2, -0.15) is 0 Å². The summed E-state index contributed by atoms with van der Waals surface area (Å²) in [5.74, 6) is -0.861. The lowest BCUT2D eigenvalue weighted by Crippen LogP contribution is -2.35. The number of benzene rings is 2. The first-order valence-corrected chi connectivity index (χ1v) is 9.59. The number of methoxy groups -OCH3 is 1. The first-order valence-electron chi connectivity index (χ1n) is 9.59. The average molecular weight is 367 g/mol. The summed E-state index contributed by atoms with van der Waals surface area (Å²) in [6.45, 7) is 11.5. The zero-order valence-electron chi connectivity index (χ0n) is 17.3. The van der Waals surface area contributed by atoms with Crippen molar-refractivity contribution in [3.63, 3.8) is 0 Å². The van der Waals surface area contributed by atoms with Crippen LogP contribution in [-0.2, 0) is 22.2 Å². The molecule has 0 spiro atoms. The first kappa shape index (κ1) is 19.6. The first-order chi connectivity index (χ1) is 12.6. The second-order valence-corrected chi connectivity index (χ2v) is 9.01. The lowest BCUT2D eigenvalue weighted by Gasteiger charge is -2.44. The molecule has 1 aliphatic rings. The van der Waals surface area contributed by atoms with Gasteiger partial charge in [-0.15, -0.1) is 0 Å². The van der Waals surface area contributed by atoms with Crippen LogP contribution in [0.3, 0.4) is 0 Å². The minimum Gasteiger partial charge on any atom is -0.478 e. The predicted octanol–water partition coefficient (Wildman–Crippen LogP) is 5.86. The molecule has 1 aliphatic carbocycles. The van der Waals surface area contributed by atoms with Crippen LogP contribution in [0.4, 0.5) is 0 Å². The number of aromatic carboxylic acids is 1. The molecule has 3 heteroatoms. The Labute approximate surface area is 162 Å². The van der Waals surface area contributed by atoms with Gasteiger partial charge in [-0.1, -0.05) is 52.0 Å². The van der Waals surface area contributed by atoms with Crippen LogP contribution in [-0.4, -0.2) is 18.2 Å². The topological polar surface area (TPSA) is 46.5 Å². The molecule has 0 saturated carbocycles. The summed E-state index contributed by atoms with van der Waals surface area (Å²) in [5.41, 5.74) is 6.91. The lowest BCUT2D eigenvalue weighted by molar-refractivity contribution is 0.0695. The van der Waals surface area contributed by atoms with E-state index in [0.29, 0.717) is 12.2 Å². The monoisotopic (exact) mass is 366 g/mol. The molecule has 2 aromatic rings. The van der Waals surface area contributed by atoms with E-state index in [1.54, 1.807) is 7.11 Å². The molecule has 0 aromatic heterocycles. The maximum absolute atomic E-state index is 12.0. The summed E-state index contributed by atoms with van der Waals surface area (Å²) in [6.07, 6.45) is 2.13. The van der Waals surface area contributed by atoms with E-state index < -0.39 is 5.97 Å². The summed E-state index contributed by atoms with van der Waals surface area (Å²) in [5, 5.41) is 9.89. The van der Waals surface area contributed by atoms with Gasteiger partial charge in [0.1, 0.15) is 0 Å². The Kier molecular flexibility index (Phi) is 4.94. The molecule has 3 nitrogen and oxygen atoms in total. The van der Waals surface area contributed by atoms with Crippen molar-refractivity contribution < 1.29 is 14.6 Å². The molecule has 3 rings (SSSR count). The molecule has 27 heavy (non-hydrogen) atoms. The largest absolute Gasteiger partial charge is 0.478 e. The fourth-order valence-corrected chi connectivity index (χ4v) is 4.51. The Hall–Kier alpha value is -2.13. The van der Waals surface area contributed by atoms with E-state index in [1.165, 1.54) is 11.1 Å². The normalized spacial score (nSPS) is 17.4. The van der Waals surface area contributed by atoms with Gasteiger partial charge in [0.05, 0.1) is 12.2 Å². The maximum atomic E-state index is 12.0. The lowest BCUT2D eigenvalue weighted by atomic mass is 9.60. The predicted molar refractivity (Wildman–Crippen MR) is 110 cm³/mol. The molecule has 0 saturated heterocycles. The molecule has 0 radical (unpaired) electrons. The highest BCUT2D eigenvalue weighted by Gasteiger charge is 2.40. The van der Waals surface area contributed by atoms with Gasteiger partial charge < -0.3 is 9.84 Å². The molecule has 0 amide bonds. The molecule has 0 unspecified atom stereocenters. The van der Waals surface area contributed by atoms with Gasteiger partial charge in [0.2, 0.25) is 0 Å². The van der Waals surface area contributed by atoms with Crippen molar-refractivity contribution in [3.8, 4) is 11.1 Å². The fraction of sp³-hybridized carbons (Fsp3) is 0.458. The van der Waals surface area contributed by atoms with Crippen molar-refractivity contribution in [1.29, 1.82) is 0 Å². The molecule has 0 fully saturated rings. The van der Waals surface area contributed by atoms with Gasteiger partial charge in [0, 0.05) is 7.11 Å². The van der Waals surface area contributed by atoms with E-state index in [4.69, 9.17) is 4.74 Å². The standard InChI is InChI=1S/C24H30O3/c1-15-18(22(25)26)13-19-21(24(4,5)12-11-23(19,2)3)20(15)17-10-8-7-9-16(17)14-27-6/h7-10,13H,11-12,14H2,1-6H3,(H,25,26). The number of ether oxygens (including phenoxy) is 1. The van der Waals surface area contributed by atoms with Crippen molar-refractivity contribution in [2.75, 3.05) is 7.11 Å².